The van der Waals surface area contributed by atoms with Gasteiger partial charge in [0, 0.05) is 6.04 Å². The number of carbonyl (C=O) groups is 1. The molecular formula is C14H21N3O. The van der Waals surface area contributed by atoms with E-state index in [1.54, 1.807) is 0 Å². The zero-order valence-electron chi connectivity index (χ0n) is 10.8. The number of amides is 1. The highest BCUT2D eigenvalue weighted by Gasteiger charge is 2.30. The lowest BCUT2D eigenvalue weighted by Gasteiger charge is -2.31. The molecule has 1 atom stereocenters. The summed E-state index contributed by atoms with van der Waals surface area (Å²) in [4.78, 5) is 14.2. The Bertz CT molecular complexity index is 387. The summed E-state index contributed by atoms with van der Waals surface area (Å²) in [6, 6.07) is 10.0. The molecule has 0 aliphatic heterocycles. The van der Waals surface area contributed by atoms with Crippen LogP contribution in [0.5, 0.6) is 0 Å². The third kappa shape index (κ3) is 2.71. The van der Waals surface area contributed by atoms with Gasteiger partial charge >= 0.3 is 0 Å². The number of carbonyl (C=O) groups excluding carboxylic acids is 1. The number of benzene rings is 1. The molecule has 18 heavy (non-hydrogen) atoms. The number of nitrogens with two attached hydrogens (primary N) is 1. The van der Waals surface area contributed by atoms with Crippen LogP contribution in [-0.2, 0) is 4.79 Å². The molecule has 4 nitrogen and oxygen atoms in total. The third-order valence-corrected chi connectivity index (χ3v) is 3.81. The minimum absolute atomic E-state index is 0.143. The van der Waals surface area contributed by atoms with Gasteiger partial charge in [-0.25, -0.2) is 5.84 Å². The topological polar surface area (TPSA) is 58.4 Å². The van der Waals surface area contributed by atoms with E-state index in [0.29, 0.717) is 6.04 Å². The predicted molar refractivity (Wildman–Crippen MR) is 71.5 cm³/mol. The van der Waals surface area contributed by atoms with Crippen molar-refractivity contribution in [3.8, 4) is 0 Å². The zero-order chi connectivity index (χ0) is 13.0. The first-order chi connectivity index (χ1) is 8.74. The van der Waals surface area contributed by atoms with Crippen LogP contribution < -0.4 is 11.3 Å². The minimum Gasteiger partial charge on any atom is -0.293 e. The zero-order valence-corrected chi connectivity index (χ0v) is 10.8. The van der Waals surface area contributed by atoms with Gasteiger partial charge in [0.25, 0.3) is 5.91 Å². The Morgan fingerprint density at radius 1 is 1.33 bits per heavy atom. The van der Waals surface area contributed by atoms with E-state index < -0.39 is 0 Å². The number of nitrogens with zero attached hydrogens (tertiary/aromatic N) is 1. The Kier molecular flexibility index (Phi) is 4.33. The van der Waals surface area contributed by atoms with Crippen LogP contribution in [0.3, 0.4) is 0 Å². The summed E-state index contributed by atoms with van der Waals surface area (Å²) in [5.74, 6) is 5.18. The van der Waals surface area contributed by atoms with Crippen LogP contribution >= 0.6 is 0 Å². The summed E-state index contributed by atoms with van der Waals surface area (Å²) in [5, 5.41) is 0. The molecule has 0 aromatic heterocycles. The van der Waals surface area contributed by atoms with Gasteiger partial charge in [0.2, 0.25) is 0 Å². The quantitative estimate of drug-likeness (QED) is 0.482. The summed E-state index contributed by atoms with van der Waals surface area (Å²) >= 11 is 0. The van der Waals surface area contributed by atoms with Crippen LogP contribution in [0.4, 0.5) is 0 Å². The first-order valence-electron chi connectivity index (χ1n) is 6.51. The maximum absolute atomic E-state index is 12.0. The average Bonchev–Trinajstić information content (AvgIpc) is 2.94. The summed E-state index contributed by atoms with van der Waals surface area (Å²) in [7, 11) is 2.02. The molecule has 0 bridgehead atoms. The van der Waals surface area contributed by atoms with Gasteiger partial charge in [0.1, 0.15) is 6.04 Å². The van der Waals surface area contributed by atoms with Crippen LogP contribution in [0.15, 0.2) is 30.3 Å². The van der Waals surface area contributed by atoms with Gasteiger partial charge in [0.05, 0.1) is 0 Å². The highest BCUT2D eigenvalue weighted by atomic mass is 16.2. The molecule has 0 saturated heterocycles. The van der Waals surface area contributed by atoms with E-state index in [1.165, 1.54) is 12.8 Å². The number of hydrogen-bond acceptors (Lipinski definition) is 3. The van der Waals surface area contributed by atoms with Crippen molar-refractivity contribution in [3.05, 3.63) is 35.9 Å². The van der Waals surface area contributed by atoms with E-state index in [9.17, 15) is 4.79 Å². The van der Waals surface area contributed by atoms with Crippen LogP contribution in [0, 0.1) is 0 Å². The molecule has 1 unspecified atom stereocenters. The molecule has 1 aliphatic rings. The van der Waals surface area contributed by atoms with Crippen molar-refractivity contribution in [3.63, 3.8) is 0 Å². The second-order valence-corrected chi connectivity index (χ2v) is 4.93. The highest BCUT2D eigenvalue weighted by molar-refractivity contribution is 5.82. The largest absolute Gasteiger partial charge is 0.293 e. The molecule has 3 N–H and O–H groups in total. The standard InChI is InChI=1S/C14H21N3O/c1-17(12-9-5-6-10-12)13(14(18)16-15)11-7-3-2-4-8-11/h2-4,7-8,12-13H,5-6,9-10,15H2,1H3,(H,16,18). The van der Waals surface area contributed by atoms with Crippen molar-refractivity contribution in [1.82, 2.24) is 10.3 Å². The summed E-state index contributed by atoms with van der Waals surface area (Å²) in [6.45, 7) is 0. The Morgan fingerprint density at radius 3 is 2.50 bits per heavy atom. The normalized spacial score (nSPS) is 17.9. The fourth-order valence-electron chi connectivity index (χ4n) is 2.81. The lowest BCUT2D eigenvalue weighted by molar-refractivity contribution is -0.127. The molecule has 1 aromatic rings. The van der Waals surface area contributed by atoms with Crippen LogP contribution in [0.25, 0.3) is 0 Å². The van der Waals surface area contributed by atoms with E-state index in [4.69, 9.17) is 5.84 Å². The number of hydrazine groups is 1. The first-order valence-corrected chi connectivity index (χ1v) is 6.51. The Labute approximate surface area is 108 Å². The monoisotopic (exact) mass is 247 g/mol. The van der Waals surface area contributed by atoms with Crippen molar-refractivity contribution in [2.75, 3.05) is 7.05 Å². The molecule has 1 saturated carbocycles. The van der Waals surface area contributed by atoms with Crippen molar-refractivity contribution in [1.29, 1.82) is 0 Å². The van der Waals surface area contributed by atoms with E-state index in [-0.39, 0.29) is 11.9 Å². The van der Waals surface area contributed by atoms with Crippen LogP contribution in [-0.4, -0.2) is 23.9 Å². The number of likely N-dealkylation sites (N-methyl/N-ethyl adjacent to an activating group) is 1. The SMILES string of the molecule is CN(C1CCCC1)C(C(=O)NN)c1ccccc1. The van der Waals surface area contributed by atoms with Gasteiger partial charge in [-0.05, 0) is 25.5 Å². The summed E-state index contributed by atoms with van der Waals surface area (Å²) in [6.07, 6.45) is 4.83. The molecular weight excluding hydrogens is 226 g/mol. The molecule has 2 rings (SSSR count). The van der Waals surface area contributed by atoms with Gasteiger partial charge in [-0.2, -0.15) is 0 Å². The fourth-order valence-corrected chi connectivity index (χ4v) is 2.81. The van der Waals surface area contributed by atoms with Crippen molar-refractivity contribution < 1.29 is 4.79 Å². The molecule has 4 heteroatoms. The average molecular weight is 247 g/mol. The van der Waals surface area contributed by atoms with E-state index in [0.717, 1.165) is 18.4 Å². The van der Waals surface area contributed by atoms with Gasteiger partial charge < -0.3 is 0 Å². The first kappa shape index (κ1) is 13.1. The molecule has 0 spiro atoms. The summed E-state index contributed by atoms with van der Waals surface area (Å²) in [5.41, 5.74) is 3.28. The maximum Gasteiger partial charge on any atom is 0.255 e. The smallest absolute Gasteiger partial charge is 0.255 e. The fraction of sp³-hybridized carbons (Fsp3) is 0.500. The second kappa shape index (κ2) is 5.98. The predicted octanol–water partition coefficient (Wildman–Crippen LogP) is 1.59. The lowest BCUT2D eigenvalue weighted by atomic mass is 10.0. The molecule has 98 valence electrons. The molecule has 1 aliphatic carbocycles. The van der Waals surface area contributed by atoms with Crippen molar-refractivity contribution in [2.45, 2.75) is 37.8 Å². The Morgan fingerprint density at radius 2 is 1.94 bits per heavy atom. The van der Waals surface area contributed by atoms with Gasteiger partial charge in [-0.15, -0.1) is 0 Å². The molecule has 0 radical (unpaired) electrons. The van der Waals surface area contributed by atoms with Crippen LogP contribution in [0.1, 0.15) is 37.3 Å². The lowest BCUT2D eigenvalue weighted by Crippen LogP contribution is -2.44. The van der Waals surface area contributed by atoms with E-state index in [1.807, 2.05) is 37.4 Å². The van der Waals surface area contributed by atoms with Crippen molar-refractivity contribution in [2.24, 2.45) is 5.84 Å². The minimum atomic E-state index is -0.292. The number of rotatable bonds is 4. The van der Waals surface area contributed by atoms with E-state index in [2.05, 4.69) is 10.3 Å². The highest BCUT2D eigenvalue weighted by Crippen LogP contribution is 2.29. The summed E-state index contributed by atoms with van der Waals surface area (Å²) < 4.78 is 0. The molecule has 1 aromatic carbocycles. The van der Waals surface area contributed by atoms with Crippen LogP contribution in [0.2, 0.25) is 0 Å². The number of nitrogens with one attached hydrogen (secondary N) is 1. The van der Waals surface area contributed by atoms with Gasteiger partial charge in [-0.3, -0.25) is 15.1 Å². The molecule has 1 fully saturated rings. The van der Waals surface area contributed by atoms with Gasteiger partial charge in [0.15, 0.2) is 0 Å². The maximum atomic E-state index is 12.0. The van der Waals surface area contributed by atoms with E-state index >= 15 is 0 Å². The number of hydrogen-bond donors (Lipinski definition) is 2. The van der Waals surface area contributed by atoms with Gasteiger partial charge in [-0.1, -0.05) is 43.2 Å². The molecule has 1 amide bonds. The Balaban J connectivity index is 2.22. The van der Waals surface area contributed by atoms with Crippen molar-refractivity contribution >= 4 is 5.91 Å². The Hall–Kier alpha value is -1.39. The molecule has 0 heterocycles. The third-order valence-electron chi connectivity index (χ3n) is 3.81. The second-order valence-electron chi connectivity index (χ2n) is 4.93.